The van der Waals surface area contributed by atoms with Gasteiger partial charge in [-0.15, -0.1) is 11.3 Å². The Morgan fingerprint density at radius 2 is 2.53 bits per heavy atom. The molecule has 2 rings (SSSR count). The van der Waals surface area contributed by atoms with E-state index in [0.29, 0.717) is 12.5 Å². The number of hydrogen-bond donors (Lipinski definition) is 2. The Labute approximate surface area is 111 Å². The number of halogens is 1. The maximum atomic E-state index is 11.7. The average molecular weight is 273 g/mol. The van der Waals surface area contributed by atoms with Crippen molar-refractivity contribution in [2.75, 3.05) is 13.1 Å². The molecular formula is C12H17ClN2OS. The standard InChI is InChI=1S/C12H17ClN2OS/c13-9-6-11(17-8-9)3-4-12(16)15-10-2-1-5-14-7-10/h6,8,10,14H,1-5,7H2,(H,15,16)/t10-/m0/s1. The van der Waals surface area contributed by atoms with Crippen LogP contribution in [0.15, 0.2) is 11.4 Å². The van der Waals surface area contributed by atoms with E-state index in [-0.39, 0.29) is 5.91 Å². The van der Waals surface area contributed by atoms with E-state index in [2.05, 4.69) is 10.6 Å². The van der Waals surface area contributed by atoms with Gasteiger partial charge >= 0.3 is 0 Å². The zero-order valence-corrected chi connectivity index (χ0v) is 11.2. The molecule has 0 unspecified atom stereocenters. The van der Waals surface area contributed by atoms with E-state index in [9.17, 15) is 4.79 Å². The highest BCUT2D eigenvalue weighted by Crippen LogP contribution is 2.20. The van der Waals surface area contributed by atoms with E-state index in [1.807, 2.05) is 11.4 Å². The SMILES string of the molecule is O=C(CCc1cc(Cl)cs1)N[C@H]1CCCNC1. The normalized spacial score (nSPS) is 20.2. The Morgan fingerprint density at radius 1 is 1.65 bits per heavy atom. The molecule has 2 heterocycles. The number of rotatable bonds is 4. The van der Waals surface area contributed by atoms with Gasteiger partial charge in [0.15, 0.2) is 0 Å². The monoisotopic (exact) mass is 272 g/mol. The zero-order chi connectivity index (χ0) is 12.1. The maximum absolute atomic E-state index is 11.7. The van der Waals surface area contributed by atoms with Crippen LogP contribution in [0.1, 0.15) is 24.1 Å². The fraction of sp³-hybridized carbons (Fsp3) is 0.583. The van der Waals surface area contributed by atoms with Crippen molar-refractivity contribution in [2.45, 2.75) is 31.7 Å². The third kappa shape index (κ3) is 4.30. The summed E-state index contributed by atoms with van der Waals surface area (Å²) in [4.78, 5) is 12.9. The molecule has 17 heavy (non-hydrogen) atoms. The second kappa shape index (κ2) is 6.38. The van der Waals surface area contributed by atoms with Crippen LogP contribution in [0.2, 0.25) is 5.02 Å². The molecule has 3 nitrogen and oxygen atoms in total. The number of piperidine rings is 1. The van der Waals surface area contributed by atoms with E-state index < -0.39 is 0 Å². The molecule has 0 aromatic carbocycles. The summed E-state index contributed by atoms with van der Waals surface area (Å²) < 4.78 is 0. The second-order valence-electron chi connectivity index (χ2n) is 4.34. The lowest BCUT2D eigenvalue weighted by atomic mass is 10.1. The average Bonchev–Trinajstić information content (AvgIpc) is 2.74. The molecule has 0 spiro atoms. The first-order valence-corrected chi connectivity index (χ1v) is 7.23. The number of carbonyl (C=O) groups excluding carboxylic acids is 1. The molecule has 0 radical (unpaired) electrons. The van der Waals surface area contributed by atoms with Crippen LogP contribution in [0.3, 0.4) is 0 Å². The van der Waals surface area contributed by atoms with Gasteiger partial charge in [0.25, 0.3) is 0 Å². The fourth-order valence-electron chi connectivity index (χ4n) is 2.00. The second-order valence-corrected chi connectivity index (χ2v) is 5.77. The summed E-state index contributed by atoms with van der Waals surface area (Å²) in [6, 6.07) is 2.24. The van der Waals surface area contributed by atoms with Gasteiger partial charge in [-0.1, -0.05) is 11.6 Å². The lowest BCUT2D eigenvalue weighted by Crippen LogP contribution is -2.45. The van der Waals surface area contributed by atoms with Crippen LogP contribution in [-0.4, -0.2) is 25.0 Å². The summed E-state index contributed by atoms with van der Waals surface area (Å²) in [5, 5.41) is 9.02. The predicted molar refractivity (Wildman–Crippen MR) is 71.7 cm³/mol. The van der Waals surface area contributed by atoms with Gasteiger partial charge < -0.3 is 10.6 Å². The topological polar surface area (TPSA) is 41.1 Å². The molecule has 2 N–H and O–H groups in total. The number of thiophene rings is 1. The molecule has 1 aromatic rings. The van der Waals surface area contributed by atoms with Crippen molar-refractivity contribution in [1.82, 2.24) is 10.6 Å². The largest absolute Gasteiger partial charge is 0.352 e. The number of hydrogen-bond acceptors (Lipinski definition) is 3. The Balaban J connectivity index is 1.70. The molecule has 1 saturated heterocycles. The van der Waals surface area contributed by atoms with Crippen LogP contribution in [0, 0.1) is 0 Å². The van der Waals surface area contributed by atoms with Crippen molar-refractivity contribution >= 4 is 28.8 Å². The molecule has 1 fully saturated rings. The first kappa shape index (κ1) is 12.9. The van der Waals surface area contributed by atoms with Crippen molar-refractivity contribution in [3.8, 4) is 0 Å². The molecule has 0 aliphatic carbocycles. The highest BCUT2D eigenvalue weighted by atomic mass is 35.5. The van der Waals surface area contributed by atoms with Gasteiger partial charge in [-0.2, -0.15) is 0 Å². The Morgan fingerprint density at radius 3 is 3.18 bits per heavy atom. The van der Waals surface area contributed by atoms with E-state index in [1.54, 1.807) is 11.3 Å². The van der Waals surface area contributed by atoms with Crippen LogP contribution in [-0.2, 0) is 11.2 Å². The number of carbonyl (C=O) groups is 1. The molecule has 94 valence electrons. The van der Waals surface area contributed by atoms with Gasteiger partial charge in [-0.05, 0) is 31.9 Å². The third-order valence-electron chi connectivity index (χ3n) is 2.88. The van der Waals surface area contributed by atoms with E-state index >= 15 is 0 Å². The van der Waals surface area contributed by atoms with Gasteiger partial charge in [0.2, 0.25) is 5.91 Å². The minimum atomic E-state index is 0.142. The van der Waals surface area contributed by atoms with E-state index in [4.69, 9.17) is 11.6 Å². The Hall–Kier alpha value is -0.580. The first-order chi connectivity index (χ1) is 8.24. The van der Waals surface area contributed by atoms with Crippen molar-refractivity contribution in [3.05, 3.63) is 21.3 Å². The van der Waals surface area contributed by atoms with Gasteiger partial charge in [0.1, 0.15) is 0 Å². The molecular weight excluding hydrogens is 256 g/mol. The molecule has 5 heteroatoms. The maximum Gasteiger partial charge on any atom is 0.220 e. The molecule has 1 aromatic heterocycles. The summed E-state index contributed by atoms with van der Waals surface area (Å²) >= 11 is 7.45. The smallest absolute Gasteiger partial charge is 0.220 e. The molecule has 0 bridgehead atoms. The van der Waals surface area contributed by atoms with Crippen molar-refractivity contribution in [1.29, 1.82) is 0 Å². The van der Waals surface area contributed by atoms with Gasteiger partial charge in [-0.25, -0.2) is 0 Å². The summed E-state index contributed by atoms with van der Waals surface area (Å²) in [6.45, 7) is 1.97. The molecule has 1 amide bonds. The molecule has 0 saturated carbocycles. The lowest BCUT2D eigenvalue weighted by Gasteiger charge is -2.23. The third-order valence-corrected chi connectivity index (χ3v) is 4.23. The zero-order valence-electron chi connectivity index (χ0n) is 9.67. The lowest BCUT2D eigenvalue weighted by molar-refractivity contribution is -0.121. The van der Waals surface area contributed by atoms with Crippen molar-refractivity contribution in [2.24, 2.45) is 0 Å². The highest BCUT2D eigenvalue weighted by Gasteiger charge is 2.15. The van der Waals surface area contributed by atoms with Gasteiger partial charge in [-0.3, -0.25) is 4.79 Å². The number of amides is 1. The van der Waals surface area contributed by atoms with Crippen LogP contribution in [0.4, 0.5) is 0 Å². The van der Waals surface area contributed by atoms with Crippen molar-refractivity contribution in [3.63, 3.8) is 0 Å². The van der Waals surface area contributed by atoms with E-state index in [0.717, 1.165) is 37.4 Å². The summed E-state index contributed by atoms with van der Waals surface area (Å²) in [5.41, 5.74) is 0. The van der Waals surface area contributed by atoms with Gasteiger partial charge in [0, 0.05) is 29.3 Å². The molecule has 1 aliphatic rings. The fourth-order valence-corrected chi connectivity index (χ4v) is 3.07. The van der Waals surface area contributed by atoms with Crippen molar-refractivity contribution < 1.29 is 4.79 Å². The quantitative estimate of drug-likeness (QED) is 0.882. The van der Waals surface area contributed by atoms with Gasteiger partial charge in [0.05, 0.1) is 5.02 Å². The molecule has 1 aliphatic heterocycles. The highest BCUT2D eigenvalue weighted by molar-refractivity contribution is 7.10. The van der Waals surface area contributed by atoms with Crippen LogP contribution >= 0.6 is 22.9 Å². The first-order valence-electron chi connectivity index (χ1n) is 5.97. The summed E-state index contributed by atoms with van der Waals surface area (Å²) in [7, 11) is 0. The minimum absolute atomic E-state index is 0.142. The van der Waals surface area contributed by atoms with Crippen LogP contribution in [0.25, 0.3) is 0 Å². The number of aryl methyl sites for hydroxylation is 1. The van der Waals surface area contributed by atoms with Crippen LogP contribution in [0.5, 0.6) is 0 Å². The van der Waals surface area contributed by atoms with E-state index in [1.165, 1.54) is 4.88 Å². The Kier molecular flexibility index (Phi) is 4.83. The summed E-state index contributed by atoms with van der Waals surface area (Å²) in [5.74, 6) is 0.142. The number of nitrogens with one attached hydrogen (secondary N) is 2. The minimum Gasteiger partial charge on any atom is -0.352 e. The Bertz CT molecular complexity index is 374. The predicted octanol–water partition coefficient (Wildman–Crippen LogP) is 2.20. The molecule has 1 atom stereocenters. The summed E-state index contributed by atoms with van der Waals surface area (Å²) in [6.07, 6.45) is 3.56. The van der Waals surface area contributed by atoms with Crippen LogP contribution < -0.4 is 10.6 Å².